The van der Waals surface area contributed by atoms with Crippen molar-refractivity contribution in [1.82, 2.24) is 4.57 Å². The molecular formula is C28H29N3O3S. The molecule has 0 unspecified atom stereocenters. The summed E-state index contributed by atoms with van der Waals surface area (Å²) in [4.78, 5) is 27.0. The SMILES string of the molecule is CCOC(=O)c1c(NC(=O)/C(C#N)=C\c2cc(C)n(-c3cccc(C)c3)c2C)sc2c1CCCC2. The lowest BCUT2D eigenvalue weighted by Crippen LogP contribution is -2.16. The first-order valence-electron chi connectivity index (χ1n) is 11.8. The second-order valence-electron chi connectivity index (χ2n) is 8.76. The number of rotatable bonds is 6. The van der Waals surface area contributed by atoms with Gasteiger partial charge in [-0.1, -0.05) is 12.1 Å². The molecule has 0 spiro atoms. The fraction of sp³-hybridized carbons (Fsp3) is 0.321. The van der Waals surface area contributed by atoms with Gasteiger partial charge in [0.15, 0.2) is 0 Å². The fourth-order valence-corrected chi connectivity index (χ4v) is 5.92. The van der Waals surface area contributed by atoms with E-state index in [1.807, 2.05) is 51.1 Å². The molecule has 180 valence electrons. The quantitative estimate of drug-likeness (QED) is 0.260. The molecule has 0 atom stereocenters. The third-order valence-corrected chi connectivity index (χ3v) is 7.48. The highest BCUT2D eigenvalue weighted by Crippen LogP contribution is 2.39. The van der Waals surface area contributed by atoms with E-state index >= 15 is 0 Å². The molecule has 0 bridgehead atoms. The Morgan fingerprint density at radius 1 is 1.20 bits per heavy atom. The molecule has 4 rings (SSSR count). The molecule has 0 saturated carbocycles. The molecule has 0 aliphatic heterocycles. The Hall–Kier alpha value is -3.63. The van der Waals surface area contributed by atoms with Crippen LogP contribution in [0.3, 0.4) is 0 Å². The molecule has 0 radical (unpaired) electrons. The van der Waals surface area contributed by atoms with Gasteiger partial charge in [0, 0.05) is 22.0 Å². The number of nitrogens with one attached hydrogen (secondary N) is 1. The van der Waals surface area contributed by atoms with Crippen molar-refractivity contribution >= 4 is 34.3 Å². The van der Waals surface area contributed by atoms with Crippen molar-refractivity contribution in [3.05, 3.63) is 74.4 Å². The van der Waals surface area contributed by atoms with Crippen molar-refractivity contribution in [2.45, 2.75) is 53.4 Å². The molecule has 1 amide bonds. The lowest BCUT2D eigenvalue weighted by atomic mass is 9.95. The standard InChI is InChI=1S/C28H29N3O3S/c1-5-34-28(33)25-23-11-6-7-12-24(23)35-27(25)30-26(32)21(16-29)15-20-14-18(3)31(19(20)4)22-10-8-9-17(2)13-22/h8-10,13-15H,5-7,11-12H2,1-4H3,(H,30,32)/b21-15-. The molecule has 7 heteroatoms. The van der Waals surface area contributed by atoms with Gasteiger partial charge < -0.3 is 14.6 Å². The number of ether oxygens (including phenoxy) is 1. The molecule has 0 fully saturated rings. The zero-order valence-corrected chi connectivity index (χ0v) is 21.3. The number of aryl methyl sites for hydroxylation is 3. The number of nitriles is 1. The Bertz CT molecular complexity index is 1370. The predicted octanol–water partition coefficient (Wildman–Crippen LogP) is 6.07. The number of anilines is 1. The molecule has 3 aromatic rings. The zero-order valence-electron chi connectivity index (χ0n) is 20.5. The number of benzene rings is 1. The second kappa shape index (κ2) is 10.3. The van der Waals surface area contributed by atoms with E-state index in [2.05, 4.69) is 16.0 Å². The number of aromatic nitrogens is 1. The predicted molar refractivity (Wildman–Crippen MR) is 139 cm³/mol. The van der Waals surface area contributed by atoms with Crippen molar-refractivity contribution in [2.75, 3.05) is 11.9 Å². The highest BCUT2D eigenvalue weighted by Gasteiger charge is 2.28. The molecule has 2 aromatic heterocycles. The topological polar surface area (TPSA) is 84.1 Å². The molecule has 1 N–H and O–H groups in total. The van der Waals surface area contributed by atoms with Gasteiger partial charge in [-0.15, -0.1) is 11.3 Å². The molecule has 2 heterocycles. The first-order chi connectivity index (χ1) is 16.8. The van der Waals surface area contributed by atoms with Crippen LogP contribution in [-0.4, -0.2) is 23.1 Å². The Balaban J connectivity index is 1.67. The Morgan fingerprint density at radius 3 is 2.69 bits per heavy atom. The Labute approximate surface area is 209 Å². The minimum absolute atomic E-state index is 0.0179. The van der Waals surface area contributed by atoms with E-state index in [4.69, 9.17) is 4.74 Å². The van der Waals surface area contributed by atoms with E-state index < -0.39 is 11.9 Å². The fourth-order valence-electron chi connectivity index (χ4n) is 4.65. The lowest BCUT2D eigenvalue weighted by Gasteiger charge is -2.12. The maximum Gasteiger partial charge on any atom is 0.341 e. The molecule has 6 nitrogen and oxygen atoms in total. The van der Waals surface area contributed by atoms with Crippen molar-refractivity contribution < 1.29 is 14.3 Å². The average molecular weight is 488 g/mol. The summed E-state index contributed by atoms with van der Waals surface area (Å²) < 4.78 is 7.38. The maximum atomic E-state index is 13.2. The summed E-state index contributed by atoms with van der Waals surface area (Å²) in [6.07, 6.45) is 5.35. The molecular weight excluding hydrogens is 458 g/mol. The largest absolute Gasteiger partial charge is 0.462 e. The van der Waals surface area contributed by atoms with E-state index in [-0.39, 0.29) is 12.2 Å². The van der Waals surface area contributed by atoms with Crippen molar-refractivity contribution in [1.29, 1.82) is 5.26 Å². The van der Waals surface area contributed by atoms with Gasteiger partial charge in [0.05, 0.1) is 12.2 Å². The van der Waals surface area contributed by atoms with Crippen molar-refractivity contribution in [3.8, 4) is 11.8 Å². The maximum absolute atomic E-state index is 13.2. The van der Waals surface area contributed by atoms with E-state index in [1.165, 1.54) is 11.3 Å². The monoisotopic (exact) mass is 487 g/mol. The van der Waals surface area contributed by atoms with Crippen LogP contribution in [0.5, 0.6) is 0 Å². The van der Waals surface area contributed by atoms with Crippen LogP contribution in [0.15, 0.2) is 35.9 Å². The number of esters is 1. The van der Waals surface area contributed by atoms with Crippen LogP contribution in [0.25, 0.3) is 11.8 Å². The molecule has 1 aromatic carbocycles. The van der Waals surface area contributed by atoms with Crippen LogP contribution in [-0.2, 0) is 22.4 Å². The third kappa shape index (κ3) is 4.94. The smallest absolute Gasteiger partial charge is 0.341 e. The van der Waals surface area contributed by atoms with Crippen LogP contribution in [0.1, 0.15) is 63.1 Å². The number of thiophene rings is 1. The number of nitrogens with zero attached hydrogens (tertiary/aromatic N) is 2. The minimum Gasteiger partial charge on any atom is -0.462 e. The first kappa shape index (κ1) is 24.5. The second-order valence-corrected chi connectivity index (χ2v) is 9.87. The van der Waals surface area contributed by atoms with E-state index in [0.717, 1.165) is 64.3 Å². The number of hydrogen-bond donors (Lipinski definition) is 1. The summed E-state index contributed by atoms with van der Waals surface area (Å²) >= 11 is 1.41. The highest BCUT2D eigenvalue weighted by molar-refractivity contribution is 7.17. The summed E-state index contributed by atoms with van der Waals surface area (Å²) in [5, 5.41) is 13.1. The van der Waals surface area contributed by atoms with Gasteiger partial charge in [0.2, 0.25) is 0 Å². The number of carbonyl (C=O) groups excluding carboxylic acids is 2. The van der Waals surface area contributed by atoms with Crippen LogP contribution >= 0.6 is 11.3 Å². The summed E-state index contributed by atoms with van der Waals surface area (Å²) in [6.45, 7) is 8.04. The minimum atomic E-state index is -0.531. The van der Waals surface area contributed by atoms with Gasteiger partial charge in [-0.3, -0.25) is 4.79 Å². The summed E-state index contributed by atoms with van der Waals surface area (Å²) in [5.74, 6) is -0.955. The van der Waals surface area contributed by atoms with Gasteiger partial charge in [-0.25, -0.2) is 4.79 Å². The van der Waals surface area contributed by atoms with Gasteiger partial charge >= 0.3 is 5.97 Å². The zero-order chi connectivity index (χ0) is 25.1. The number of fused-ring (bicyclic) bond motifs is 1. The van der Waals surface area contributed by atoms with Crippen molar-refractivity contribution in [2.24, 2.45) is 0 Å². The average Bonchev–Trinajstić information content (AvgIpc) is 3.33. The van der Waals surface area contributed by atoms with Crippen molar-refractivity contribution in [3.63, 3.8) is 0 Å². The first-order valence-corrected chi connectivity index (χ1v) is 12.7. The summed E-state index contributed by atoms with van der Waals surface area (Å²) in [7, 11) is 0. The van der Waals surface area contributed by atoms with Gasteiger partial charge in [0.1, 0.15) is 16.6 Å². The number of hydrogen-bond acceptors (Lipinski definition) is 5. The molecule has 1 aliphatic carbocycles. The highest BCUT2D eigenvalue weighted by atomic mass is 32.1. The van der Waals surface area contributed by atoms with Crippen LogP contribution < -0.4 is 5.32 Å². The normalized spacial score (nSPS) is 13.2. The van der Waals surface area contributed by atoms with E-state index in [1.54, 1.807) is 13.0 Å². The molecule has 35 heavy (non-hydrogen) atoms. The number of amides is 1. The van der Waals surface area contributed by atoms with E-state index in [0.29, 0.717) is 10.6 Å². The van der Waals surface area contributed by atoms with Crippen LogP contribution in [0.2, 0.25) is 0 Å². The summed E-state index contributed by atoms with van der Waals surface area (Å²) in [6, 6.07) is 12.2. The van der Waals surface area contributed by atoms with Gasteiger partial charge in [-0.05, 0) is 94.3 Å². The van der Waals surface area contributed by atoms with E-state index in [9.17, 15) is 14.9 Å². The van der Waals surface area contributed by atoms with Crippen LogP contribution in [0.4, 0.5) is 5.00 Å². The third-order valence-electron chi connectivity index (χ3n) is 6.27. The van der Waals surface area contributed by atoms with Gasteiger partial charge in [0.25, 0.3) is 5.91 Å². The lowest BCUT2D eigenvalue weighted by molar-refractivity contribution is -0.112. The number of carbonyl (C=O) groups is 2. The van der Waals surface area contributed by atoms with Crippen LogP contribution in [0, 0.1) is 32.1 Å². The Kier molecular flexibility index (Phi) is 7.23. The molecule has 0 saturated heterocycles. The molecule has 1 aliphatic rings. The summed E-state index contributed by atoms with van der Waals surface area (Å²) in [5.41, 5.74) is 6.32. The van der Waals surface area contributed by atoms with Gasteiger partial charge in [-0.2, -0.15) is 5.26 Å². The Morgan fingerprint density at radius 2 is 1.97 bits per heavy atom.